The fourth-order valence-electron chi connectivity index (χ4n) is 3.85. The number of para-hydroxylation sites is 1. The summed E-state index contributed by atoms with van der Waals surface area (Å²) >= 11 is 0. The van der Waals surface area contributed by atoms with Gasteiger partial charge in [-0.15, -0.1) is 0 Å². The van der Waals surface area contributed by atoms with Crippen LogP contribution in [0.3, 0.4) is 0 Å². The predicted octanol–water partition coefficient (Wildman–Crippen LogP) is 3.19. The highest BCUT2D eigenvalue weighted by atomic mass is 16.1. The molecule has 0 unspecified atom stereocenters. The summed E-state index contributed by atoms with van der Waals surface area (Å²) in [5.41, 5.74) is 5.34. The van der Waals surface area contributed by atoms with Gasteiger partial charge in [0.25, 0.3) is 5.91 Å². The fraction of sp³-hybridized carbons (Fsp3) is 0.375. The number of carbonyl (C=O) groups is 1. The lowest BCUT2D eigenvalue weighted by molar-refractivity contribution is 0.0951. The Balaban J connectivity index is 1.22. The minimum atomic E-state index is -0.0502. The summed E-state index contributed by atoms with van der Waals surface area (Å²) in [6, 6.07) is 16.1. The Hall–Kier alpha value is -2.99. The number of nitrogens with one attached hydrogen (secondary N) is 1. The molecule has 2 aromatic carbocycles. The van der Waals surface area contributed by atoms with Gasteiger partial charge in [0, 0.05) is 44.0 Å². The van der Waals surface area contributed by atoms with Crippen molar-refractivity contribution in [2.75, 3.05) is 44.2 Å². The number of nitrogens with zero attached hydrogens (tertiary/aromatic N) is 4. The van der Waals surface area contributed by atoms with Crippen LogP contribution < -0.4 is 10.2 Å². The first-order chi connectivity index (χ1) is 14.6. The molecule has 156 valence electrons. The number of aryl methyl sites for hydroxylation is 2. The van der Waals surface area contributed by atoms with Crippen LogP contribution >= 0.6 is 0 Å². The van der Waals surface area contributed by atoms with Crippen molar-refractivity contribution in [2.24, 2.45) is 0 Å². The van der Waals surface area contributed by atoms with E-state index in [2.05, 4.69) is 55.4 Å². The summed E-state index contributed by atoms with van der Waals surface area (Å²) in [6.45, 7) is 9.79. The average Bonchev–Trinajstić information content (AvgIpc) is 2.78. The highest BCUT2D eigenvalue weighted by molar-refractivity contribution is 5.97. The van der Waals surface area contributed by atoms with Gasteiger partial charge in [-0.05, 0) is 57.1 Å². The minimum Gasteiger partial charge on any atom is -0.369 e. The standard InChI is InChI=1S/C24H29N5O/c1-18-19(2)27-23-17-20(9-10-22(23)26-18)24(30)25-11-6-12-28-13-15-29(16-14-28)21-7-4-3-5-8-21/h3-5,7-10,17H,6,11-16H2,1-2H3,(H,25,30). The second-order valence-electron chi connectivity index (χ2n) is 7.87. The number of piperazine rings is 1. The SMILES string of the molecule is Cc1nc2ccc(C(=O)NCCCN3CCN(c4ccccc4)CC3)cc2nc1C. The number of rotatable bonds is 6. The average molecular weight is 404 g/mol. The molecule has 2 heterocycles. The van der Waals surface area contributed by atoms with Crippen molar-refractivity contribution in [3.05, 3.63) is 65.5 Å². The molecule has 30 heavy (non-hydrogen) atoms. The number of carbonyl (C=O) groups excluding carboxylic acids is 1. The Kier molecular flexibility index (Phi) is 6.23. The van der Waals surface area contributed by atoms with E-state index in [1.165, 1.54) is 5.69 Å². The summed E-state index contributed by atoms with van der Waals surface area (Å²) in [6.07, 6.45) is 0.947. The third-order valence-electron chi connectivity index (χ3n) is 5.77. The third kappa shape index (κ3) is 4.76. The van der Waals surface area contributed by atoms with Gasteiger partial charge in [0.15, 0.2) is 0 Å². The van der Waals surface area contributed by atoms with Gasteiger partial charge in [0.2, 0.25) is 0 Å². The number of amides is 1. The summed E-state index contributed by atoms with van der Waals surface area (Å²) in [7, 11) is 0. The maximum absolute atomic E-state index is 12.5. The number of benzene rings is 2. The van der Waals surface area contributed by atoms with Gasteiger partial charge in [-0.25, -0.2) is 9.97 Å². The van der Waals surface area contributed by atoms with Gasteiger partial charge in [0.05, 0.1) is 22.4 Å². The first-order valence-electron chi connectivity index (χ1n) is 10.7. The molecule has 3 aromatic rings. The van der Waals surface area contributed by atoms with Crippen molar-refractivity contribution in [2.45, 2.75) is 20.3 Å². The van der Waals surface area contributed by atoms with Gasteiger partial charge >= 0.3 is 0 Å². The van der Waals surface area contributed by atoms with Crippen molar-refractivity contribution in [3.63, 3.8) is 0 Å². The van der Waals surface area contributed by atoms with Crippen molar-refractivity contribution < 1.29 is 4.79 Å². The van der Waals surface area contributed by atoms with E-state index in [1.807, 2.05) is 32.0 Å². The van der Waals surface area contributed by atoms with Crippen LogP contribution in [0.15, 0.2) is 48.5 Å². The van der Waals surface area contributed by atoms with E-state index in [0.717, 1.165) is 61.6 Å². The van der Waals surface area contributed by atoms with E-state index in [-0.39, 0.29) is 5.91 Å². The molecule has 0 radical (unpaired) electrons. The van der Waals surface area contributed by atoms with Gasteiger partial charge in [0.1, 0.15) is 0 Å². The molecule has 1 aliphatic heterocycles. The van der Waals surface area contributed by atoms with Crippen LogP contribution in [0.2, 0.25) is 0 Å². The Bertz CT molecular complexity index is 1010. The third-order valence-corrected chi connectivity index (χ3v) is 5.77. The van der Waals surface area contributed by atoms with Gasteiger partial charge in [-0.2, -0.15) is 0 Å². The highest BCUT2D eigenvalue weighted by Crippen LogP contribution is 2.16. The van der Waals surface area contributed by atoms with E-state index in [0.29, 0.717) is 12.1 Å². The number of hydrogen-bond acceptors (Lipinski definition) is 5. The molecule has 0 atom stereocenters. The molecule has 6 heteroatoms. The Morgan fingerprint density at radius 3 is 2.37 bits per heavy atom. The zero-order chi connectivity index (χ0) is 20.9. The fourth-order valence-corrected chi connectivity index (χ4v) is 3.85. The summed E-state index contributed by atoms with van der Waals surface area (Å²) in [4.78, 5) is 26.5. The van der Waals surface area contributed by atoms with Crippen LogP contribution in [0.4, 0.5) is 5.69 Å². The first kappa shape index (κ1) is 20.3. The summed E-state index contributed by atoms with van der Waals surface area (Å²) in [5, 5.41) is 3.04. The molecule has 1 amide bonds. The second-order valence-corrected chi connectivity index (χ2v) is 7.87. The molecule has 1 aliphatic rings. The zero-order valence-electron chi connectivity index (χ0n) is 17.8. The lowest BCUT2D eigenvalue weighted by Gasteiger charge is -2.36. The van der Waals surface area contributed by atoms with E-state index in [1.54, 1.807) is 0 Å². The highest BCUT2D eigenvalue weighted by Gasteiger charge is 2.16. The normalized spacial score (nSPS) is 14.8. The van der Waals surface area contributed by atoms with Crippen LogP contribution in [0.25, 0.3) is 11.0 Å². The van der Waals surface area contributed by atoms with Crippen LogP contribution in [-0.2, 0) is 0 Å². The molecule has 4 rings (SSSR count). The monoisotopic (exact) mass is 403 g/mol. The van der Waals surface area contributed by atoms with Crippen LogP contribution in [-0.4, -0.2) is 60.0 Å². The van der Waals surface area contributed by atoms with Crippen LogP contribution in [0.5, 0.6) is 0 Å². The first-order valence-corrected chi connectivity index (χ1v) is 10.7. The second kappa shape index (κ2) is 9.22. The number of aromatic nitrogens is 2. The number of anilines is 1. The Labute approximate surface area is 177 Å². The largest absolute Gasteiger partial charge is 0.369 e. The molecule has 1 fully saturated rings. The molecule has 1 aromatic heterocycles. The van der Waals surface area contributed by atoms with Gasteiger partial charge in [-0.1, -0.05) is 18.2 Å². The Morgan fingerprint density at radius 1 is 0.933 bits per heavy atom. The predicted molar refractivity (Wildman–Crippen MR) is 121 cm³/mol. The molecule has 0 aliphatic carbocycles. The van der Waals surface area contributed by atoms with Crippen molar-refractivity contribution in [1.29, 1.82) is 0 Å². The molecule has 0 spiro atoms. The molecule has 1 N–H and O–H groups in total. The molecule has 1 saturated heterocycles. The molecule has 0 bridgehead atoms. The van der Waals surface area contributed by atoms with Crippen molar-refractivity contribution in [1.82, 2.24) is 20.2 Å². The zero-order valence-corrected chi connectivity index (χ0v) is 17.8. The molecule has 0 saturated carbocycles. The van der Waals surface area contributed by atoms with Gasteiger partial charge in [-0.3, -0.25) is 9.69 Å². The summed E-state index contributed by atoms with van der Waals surface area (Å²) < 4.78 is 0. The number of hydrogen-bond donors (Lipinski definition) is 1. The maximum atomic E-state index is 12.5. The van der Waals surface area contributed by atoms with Crippen molar-refractivity contribution in [3.8, 4) is 0 Å². The maximum Gasteiger partial charge on any atom is 0.251 e. The van der Waals surface area contributed by atoms with Crippen LogP contribution in [0.1, 0.15) is 28.2 Å². The molecular weight excluding hydrogens is 374 g/mol. The van der Waals surface area contributed by atoms with Crippen LogP contribution in [0, 0.1) is 13.8 Å². The lowest BCUT2D eigenvalue weighted by Crippen LogP contribution is -2.47. The van der Waals surface area contributed by atoms with Gasteiger partial charge < -0.3 is 10.2 Å². The van der Waals surface area contributed by atoms with E-state index in [4.69, 9.17) is 0 Å². The number of fused-ring (bicyclic) bond motifs is 1. The summed E-state index contributed by atoms with van der Waals surface area (Å²) in [5.74, 6) is -0.0502. The quantitative estimate of drug-likeness (QED) is 0.641. The van der Waals surface area contributed by atoms with E-state index < -0.39 is 0 Å². The topological polar surface area (TPSA) is 61.4 Å². The molecule has 6 nitrogen and oxygen atoms in total. The van der Waals surface area contributed by atoms with Crippen molar-refractivity contribution >= 4 is 22.6 Å². The molecular formula is C24H29N5O. The lowest BCUT2D eigenvalue weighted by atomic mass is 10.1. The smallest absolute Gasteiger partial charge is 0.251 e. The van der Waals surface area contributed by atoms with E-state index >= 15 is 0 Å². The Morgan fingerprint density at radius 2 is 1.63 bits per heavy atom. The minimum absolute atomic E-state index is 0.0502. The van der Waals surface area contributed by atoms with E-state index in [9.17, 15) is 4.79 Å².